The molecule has 244 valence electrons. The number of para-hydroxylation sites is 2. The van der Waals surface area contributed by atoms with Crippen LogP contribution in [-0.4, -0.2) is 54.9 Å². The molecule has 0 unspecified atom stereocenters. The number of aryl methyl sites for hydroxylation is 4. The van der Waals surface area contributed by atoms with Gasteiger partial charge in [0.15, 0.2) is 0 Å². The van der Waals surface area contributed by atoms with Crippen molar-refractivity contribution < 1.29 is 37.4 Å². The van der Waals surface area contributed by atoms with Crippen molar-refractivity contribution in [3.63, 3.8) is 0 Å². The van der Waals surface area contributed by atoms with E-state index in [1.165, 1.54) is 12.8 Å². The molecule has 0 aliphatic carbocycles. The summed E-state index contributed by atoms with van der Waals surface area (Å²) in [5.74, 6) is 0.746. The zero-order chi connectivity index (χ0) is 33.1. The Kier molecular flexibility index (Phi) is 24.5. The number of aliphatic imine (C=N–C) groups is 1. The Morgan fingerprint density at radius 2 is 0.978 bits per heavy atom. The number of amidine groups is 1. The Morgan fingerprint density at radius 1 is 0.578 bits per heavy atom. The maximum atomic E-state index is 4.96. The molecule has 0 saturated carbocycles. The van der Waals surface area contributed by atoms with Gasteiger partial charge in [-0.3, -0.25) is 0 Å². The van der Waals surface area contributed by atoms with E-state index < -0.39 is 35.8 Å². The molecule has 0 N–H and O–H groups in total. The molecule has 3 aromatic carbocycles. The average molecular weight is 753 g/mol. The molecule has 5 nitrogen and oxygen atoms in total. The minimum Gasteiger partial charge on any atom is -0.672 e. The predicted molar refractivity (Wildman–Crippen MR) is 210 cm³/mol. The number of hydrogen-bond acceptors (Lipinski definition) is 2. The minimum atomic E-state index is -0.542. The van der Waals surface area contributed by atoms with Crippen LogP contribution >= 0.6 is 0 Å². The van der Waals surface area contributed by atoms with Gasteiger partial charge in [0.05, 0.1) is 0 Å². The Bertz CT molecular complexity index is 1160. The van der Waals surface area contributed by atoms with E-state index in [9.17, 15) is 0 Å². The van der Waals surface area contributed by atoms with Crippen molar-refractivity contribution >= 4 is 53.0 Å². The van der Waals surface area contributed by atoms with Gasteiger partial charge in [-0.15, -0.1) is 0 Å². The second-order valence-corrected chi connectivity index (χ2v) is 23.5. The molecule has 1 saturated heterocycles. The van der Waals surface area contributed by atoms with E-state index in [1.54, 1.807) is 0 Å². The fourth-order valence-electron chi connectivity index (χ4n) is 4.62. The van der Waals surface area contributed by atoms with Crippen molar-refractivity contribution in [2.24, 2.45) is 4.99 Å². The fourth-order valence-corrected chi connectivity index (χ4v) is 14.2. The monoisotopic (exact) mass is 752 g/mol. The summed E-state index contributed by atoms with van der Waals surface area (Å²) >= 11 is 0. The summed E-state index contributed by atoms with van der Waals surface area (Å²) in [6.07, 6.45) is 2.56. The van der Waals surface area contributed by atoms with Gasteiger partial charge in [-0.05, 0) is 79.7 Å². The van der Waals surface area contributed by atoms with Crippen LogP contribution in [0.15, 0.2) is 71.7 Å². The van der Waals surface area contributed by atoms with Crippen molar-refractivity contribution in [3.05, 3.63) is 109 Å². The van der Waals surface area contributed by atoms with Crippen LogP contribution in [0.2, 0.25) is 52.4 Å². The minimum absolute atomic E-state index is 0. The number of ether oxygens (including phenoxy) is 1. The van der Waals surface area contributed by atoms with E-state index in [2.05, 4.69) is 138 Å². The van der Waals surface area contributed by atoms with Gasteiger partial charge in [0.1, 0.15) is 0 Å². The van der Waals surface area contributed by atoms with Crippen LogP contribution in [0.3, 0.4) is 0 Å². The van der Waals surface area contributed by atoms with Gasteiger partial charge in [-0.25, -0.2) is 0 Å². The first-order valence-electron chi connectivity index (χ1n) is 16.3. The number of benzene rings is 3. The molecule has 45 heavy (non-hydrogen) atoms. The smallest absolute Gasteiger partial charge is 0.672 e. The van der Waals surface area contributed by atoms with E-state index >= 15 is 0 Å². The summed E-state index contributed by atoms with van der Waals surface area (Å²) in [5, 5.41) is 4.96. The molecule has 0 bridgehead atoms. The quantitative estimate of drug-likeness (QED) is 0.135. The fraction of sp³-hybridized carbons (Fsp3) is 0.457. The van der Waals surface area contributed by atoms with Gasteiger partial charge in [0, 0.05) is 13.2 Å². The van der Waals surface area contributed by atoms with Crippen LogP contribution in [0.5, 0.6) is 0 Å². The molecule has 10 heteroatoms. The summed E-state index contributed by atoms with van der Waals surface area (Å²) in [7, 11) is -2.17. The first-order chi connectivity index (χ1) is 20.8. The third kappa shape index (κ3) is 20.1. The van der Waals surface area contributed by atoms with Crippen molar-refractivity contribution in [1.82, 2.24) is 0 Å². The molecule has 0 radical (unpaired) electrons. The van der Waals surface area contributed by atoms with Crippen LogP contribution < -0.4 is 0 Å². The molecule has 1 aliphatic rings. The van der Waals surface area contributed by atoms with Gasteiger partial charge >= 0.3 is 32.7 Å². The molecule has 3 aromatic rings. The third-order valence-electron chi connectivity index (χ3n) is 6.37. The molecule has 0 aromatic heterocycles. The number of nitrogens with zero attached hydrogens (tertiary/aromatic N) is 4. The van der Waals surface area contributed by atoms with Gasteiger partial charge in [-0.2, -0.15) is 0 Å². The normalized spacial score (nSPS) is 12.5. The first-order valence-corrected chi connectivity index (χ1v) is 27.6. The van der Waals surface area contributed by atoms with Crippen molar-refractivity contribution in [2.75, 3.05) is 13.2 Å². The van der Waals surface area contributed by atoms with Crippen molar-refractivity contribution in [3.8, 4) is 0 Å². The molecule has 0 spiro atoms. The Morgan fingerprint density at radius 3 is 1.31 bits per heavy atom. The molecule has 1 aliphatic heterocycles. The molecule has 0 atom stereocenters. The molecule has 4 rings (SSSR count). The first kappa shape index (κ1) is 44.0. The van der Waals surface area contributed by atoms with Gasteiger partial charge in [-0.1, -0.05) is 161 Å². The summed E-state index contributed by atoms with van der Waals surface area (Å²) < 4.78 is 14.1. The van der Waals surface area contributed by atoms with E-state index in [1.807, 2.05) is 18.2 Å². The van der Waals surface area contributed by atoms with Crippen molar-refractivity contribution in [1.29, 1.82) is 0 Å². The van der Waals surface area contributed by atoms with Crippen molar-refractivity contribution in [2.45, 2.75) is 92.9 Å². The topological polar surface area (TPSA) is 63.9 Å². The zero-order valence-corrected chi connectivity index (χ0v) is 37.7. The van der Waals surface area contributed by atoms with Gasteiger partial charge in [0.25, 0.3) is 0 Å². The largest absolute Gasteiger partial charge is 3.00 e. The summed E-state index contributed by atoms with van der Waals surface area (Å²) in [6.45, 7) is 28.5. The Hall–Kier alpha value is -1.02. The average Bonchev–Trinajstić information content (AvgIpc) is 3.52. The number of rotatable bonds is 7. The molecular formula is C35H59N4OSi4Y. The molecule has 1 heterocycles. The van der Waals surface area contributed by atoms with Gasteiger partial charge < -0.3 is 24.3 Å². The Labute approximate surface area is 308 Å². The van der Waals surface area contributed by atoms with Crippen LogP contribution in [0.1, 0.15) is 40.7 Å². The van der Waals surface area contributed by atoms with Crippen LogP contribution in [0, 0.1) is 27.7 Å². The van der Waals surface area contributed by atoms with Crippen LogP contribution in [-0.2, 0) is 37.4 Å². The van der Waals surface area contributed by atoms with E-state index in [4.69, 9.17) is 15.0 Å². The third-order valence-corrected chi connectivity index (χ3v) is 15.9. The van der Waals surface area contributed by atoms with E-state index in [-0.39, 0.29) is 32.7 Å². The SMILES string of the molecule is C1CCOC1.C[SiH](C)[N-][SiH](C)C.C[SiH](C)[N-][SiH](C)C.Cc1cccc(C)c1N=C([N-]c1c(C)cccc1C)c1ccccc1.[Y+3]. The number of hydrogen-bond donors (Lipinski definition) is 0. The standard InChI is InChI=1S/C23H23N2.2C4H14NSi2.C4H8O.Y/c1-16-10-8-11-17(2)21(16)24-23(20-14-6-5-7-15-20)25-22-18(3)12-9-13-19(22)4;2*1-6(2)5-7(3)4;1-2-4-5-3-1;/h5-15H,1-4H3;2*6-7H,1-4H3;1-4H2;/q3*-1;;+3. The molecule has 0 amide bonds. The van der Waals surface area contributed by atoms with E-state index in [0.29, 0.717) is 0 Å². The molecular weight excluding hydrogens is 694 g/mol. The second-order valence-electron chi connectivity index (χ2n) is 12.4. The van der Waals surface area contributed by atoms with Gasteiger partial charge in [0.2, 0.25) is 0 Å². The second kappa shape index (κ2) is 25.1. The molecule has 1 fully saturated rings. The predicted octanol–water partition coefficient (Wildman–Crippen LogP) is 10.2. The maximum absolute atomic E-state index is 4.96. The summed E-state index contributed by atoms with van der Waals surface area (Å²) in [6, 6.07) is 22.7. The van der Waals surface area contributed by atoms with Crippen LogP contribution in [0.4, 0.5) is 11.4 Å². The Balaban J connectivity index is 0.000000788. The summed E-state index contributed by atoms with van der Waals surface area (Å²) in [4.78, 5) is 4.96. The van der Waals surface area contributed by atoms with E-state index in [0.717, 1.165) is 58.2 Å². The van der Waals surface area contributed by atoms with Crippen LogP contribution in [0.25, 0.3) is 14.6 Å². The maximum Gasteiger partial charge on any atom is 3.00 e. The zero-order valence-electron chi connectivity index (χ0n) is 30.3. The summed E-state index contributed by atoms with van der Waals surface area (Å²) in [5.41, 5.74) is 7.64.